The third-order valence-corrected chi connectivity index (χ3v) is 4.60. The monoisotopic (exact) mass is 392 g/mol. The van der Waals surface area contributed by atoms with E-state index in [1.54, 1.807) is 18.2 Å². The number of anilines is 2. The summed E-state index contributed by atoms with van der Waals surface area (Å²) in [6.45, 7) is 0.905. The molecule has 1 saturated heterocycles. The van der Waals surface area contributed by atoms with E-state index in [1.165, 1.54) is 4.90 Å². The van der Waals surface area contributed by atoms with Gasteiger partial charge in [0.2, 0.25) is 11.8 Å². The Morgan fingerprint density at radius 3 is 2.50 bits per heavy atom. The van der Waals surface area contributed by atoms with Crippen molar-refractivity contribution in [2.45, 2.75) is 6.42 Å². The Labute approximate surface area is 157 Å². The van der Waals surface area contributed by atoms with Crippen LogP contribution in [0.2, 0.25) is 0 Å². The summed E-state index contributed by atoms with van der Waals surface area (Å²) in [6.07, 6.45) is -0.0917. The summed E-state index contributed by atoms with van der Waals surface area (Å²) in [5.41, 5.74) is 0.0673. The SMILES string of the molecule is O=C(Nc1cc(F)c(F)cc1F)C1CC(=O)N(c2ccc3c(c2)OCCO3)C1. The van der Waals surface area contributed by atoms with Crippen molar-refractivity contribution >= 4 is 23.2 Å². The first-order valence-electron chi connectivity index (χ1n) is 8.58. The highest BCUT2D eigenvalue weighted by atomic mass is 19.2. The molecule has 2 aromatic carbocycles. The van der Waals surface area contributed by atoms with Gasteiger partial charge in [0.15, 0.2) is 23.1 Å². The van der Waals surface area contributed by atoms with Gasteiger partial charge in [0, 0.05) is 36.9 Å². The maximum atomic E-state index is 13.7. The van der Waals surface area contributed by atoms with Crippen molar-refractivity contribution in [1.29, 1.82) is 0 Å². The quantitative estimate of drug-likeness (QED) is 0.816. The molecule has 146 valence electrons. The average molecular weight is 392 g/mol. The second-order valence-corrected chi connectivity index (χ2v) is 6.47. The number of nitrogens with zero attached hydrogens (tertiary/aromatic N) is 1. The van der Waals surface area contributed by atoms with Crippen LogP contribution in [0.15, 0.2) is 30.3 Å². The van der Waals surface area contributed by atoms with Crippen molar-refractivity contribution in [3.8, 4) is 11.5 Å². The molecule has 2 heterocycles. The van der Waals surface area contributed by atoms with E-state index in [-0.39, 0.29) is 18.9 Å². The molecule has 0 radical (unpaired) electrons. The standard InChI is InChI=1S/C19H15F3N2O4/c20-12-7-14(22)15(8-13(12)21)23-19(26)10-5-18(25)24(9-10)11-1-2-16-17(6-11)28-4-3-27-16/h1-2,6-8,10H,3-5,9H2,(H,23,26). The summed E-state index contributed by atoms with van der Waals surface area (Å²) in [5, 5.41) is 2.22. The molecular weight excluding hydrogens is 377 g/mol. The van der Waals surface area contributed by atoms with Crippen LogP contribution in [0.25, 0.3) is 0 Å². The van der Waals surface area contributed by atoms with E-state index in [1.807, 2.05) is 0 Å². The largest absolute Gasteiger partial charge is 0.486 e. The van der Waals surface area contributed by atoms with E-state index >= 15 is 0 Å². The van der Waals surface area contributed by atoms with Gasteiger partial charge in [-0.25, -0.2) is 13.2 Å². The third kappa shape index (κ3) is 3.35. The minimum absolute atomic E-state index is 0.0651. The summed E-state index contributed by atoms with van der Waals surface area (Å²) in [5.74, 6) is -4.36. The molecule has 1 N–H and O–H groups in total. The van der Waals surface area contributed by atoms with Crippen LogP contribution in [-0.4, -0.2) is 31.6 Å². The van der Waals surface area contributed by atoms with E-state index in [0.717, 1.165) is 0 Å². The van der Waals surface area contributed by atoms with Crippen molar-refractivity contribution in [1.82, 2.24) is 0 Å². The molecule has 0 aliphatic carbocycles. The molecule has 1 fully saturated rings. The number of rotatable bonds is 3. The fourth-order valence-electron chi connectivity index (χ4n) is 3.19. The van der Waals surface area contributed by atoms with Gasteiger partial charge in [0.1, 0.15) is 19.0 Å². The molecule has 0 aromatic heterocycles. The Balaban J connectivity index is 1.49. The second kappa shape index (κ2) is 7.06. The number of fused-ring (bicyclic) bond motifs is 1. The zero-order valence-electron chi connectivity index (χ0n) is 14.5. The average Bonchev–Trinajstić information content (AvgIpc) is 3.07. The Morgan fingerprint density at radius 1 is 1.00 bits per heavy atom. The van der Waals surface area contributed by atoms with Crippen molar-refractivity contribution in [3.05, 3.63) is 47.8 Å². The Bertz CT molecular complexity index is 966. The van der Waals surface area contributed by atoms with Gasteiger partial charge in [-0.05, 0) is 12.1 Å². The summed E-state index contributed by atoms with van der Waals surface area (Å²) >= 11 is 0. The van der Waals surface area contributed by atoms with E-state index in [9.17, 15) is 22.8 Å². The van der Waals surface area contributed by atoms with Gasteiger partial charge in [0.05, 0.1) is 11.6 Å². The molecule has 2 amide bonds. The zero-order chi connectivity index (χ0) is 19.8. The lowest BCUT2D eigenvalue weighted by molar-refractivity contribution is -0.122. The first-order chi connectivity index (χ1) is 13.4. The fraction of sp³-hybridized carbons (Fsp3) is 0.263. The molecule has 1 atom stereocenters. The molecule has 0 bridgehead atoms. The van der Waals surface area contributed by atoms with Crippen LogP contribution in [0.4, 0.5) is 24.5 Å². The van der Waals surface area contributed by atoms with E-state index in [4.69, 9.17) is 9.47 Å². The zero-order valence-corrected chi connectivity index (χ0v) is 14.5. The van der Waals surface area contributed by atoms with E-state index in [0.29, 0.717) is 42.5 Å². The van der Waals surface area contributed by atoms with Crippen LogP contribution in [0.1, 0.15) is 6.42 Å². The fourth-order valence-corrected chi connectivity index (χ4v) is 3.19. The van der Waals surface area contributed by atoms with Crippen molar-refractivity contribution in [2.24, 2.45) is 5.92 Å². The van der Waals surface area contributed by atoms with Crippen LogP contribution < -0.4 is 19.7 Å². The van der Waals surface area contributed by atoms with E-state index in [2.05, 4.69) is 5.32 Å². The molecule has 6 nitrogen and oxygen atoms in total. The topological polar surface area (TPSA) is 67.9 Å². The minimum Gasteiger partial charge on any atom is -0.486 e. The maximum absolute atomic E-state index is 13.7. The molecule has 0 saturated carbocycles. The minimum atomic E-state index is -1.35. The van der Waals surface area contributed by atoms with Crippen molar-refractivity contribution in [3.63, 3.8) is 0 Å². The Kier molecular flexibility index (Phi) is 4.58. The van der Waals surface area contributed by atoms with Gasteiger partial charge < -0.3 is 19.7 Å². The Morgan fingerprint density at radius 2 is 1.71 bits per heavy atom. The molecule has 2 aliphatic heterocycles. The third-order valence-electron chi connectivity index (χ3n) is 4.60. The highest BCUT2D eigenvalue weighted by Crippen LogP contribution is 2.36. The number of carbonyl (C=O) groups is 2. The lowest BCUT2D eigenvalue weighted by Gasteiger charge is -2.22. The number of nitrogens with one attached hydrogen (secondary N) is 1. The number of carbonyl (C=O) groups excluding carboxylic acids is 2. The van der Waals surface area contributed by atoms with Crippen LogP contribution in [0.5, 0.6) is 11.5 Å². The number of hydrogen-bond acceptors (Lipinski definition) is 4. The van der Waals surface area contributed by atoms with Crippen molar-refractivity contribution < 1.29 is 32.2 Å². The first-order valence-corrected chi connectivity index (χ1v) is 8.58. The van der Waals surface area contributed by atoms with Crippen molar-refractivity contribution in [2.75, 3.05) is 30.0 Å². The molecular formula is C19H15F3N2O4. The van der Waals surface area contributed by atoms with Gasteiger partial charge in [-0.15, -0.1) is 0 Å². The number of benzene rings is 2. The molecule has 9 heteroatoms. The first kappa shape index (κ1) is 18.1. The van der Waals surface area contributed by atoms with Gasteiger partial charge in [0.25, 0.3) is 0 Å². The molecule has 1 unspecified atom stereocenters. The van der Waals surface area contributed by atoms with Crippen LogP contribution in [0, 0.1) is 23.4 Å². The molecule has 4 rings (SSSR count). The smallest absolute Gasteiger partial charge is 0.229 e. The van der Waals surface area contributed by atoms with Crippen LogP contribution in [-0.2, 0) is 9.59 Å². The maximum Gasteiger partial charge on any atom is 0.229 e. The summed E-state index contributed by atoms with van der Waals surface area (Å²) in [4.78, 5) is 26.2. The molecule has 28 heavy (non-hydrogen) atoms. The van der Waals surface area contributed by atoms with Crippen LogP contribution in [0.3, 0.4) is 0 Å². The summed E-state index contributed by atoms with van der Waals surface area (Å²) in [7, 11) is 0. The van der Waals surface area contributed by atoms with Gasteiger partial charge in [-0.1, -0.05) is 0 Å². The number of hydrogen-bond donors (Lipinski definition) is 1. The summed E-state index contributed by atoms with van der Waals surface area (Å²) in [6, 6.07) is 5.94. The van der Waals surface area contributed by atoms with Gasteiger partial charge in [-0.3, -0.25) is 9.59 Å². The number of halogens is 3. The van der Waals surface area contributed by atoms with Crippen LogP contribution >= 0.6 is 0 Å². The normalized spacial score (nSPS) is 18.3. The second-order valence-electron chi connectivity index (χ2n) is 6.47. The number of amides is 2. The molecule has 0 spiro atoms. The Hall–Kier alpha value is -3.23. The molecule has 2 aliphatic rings. The predicted octanol–water partition coefficient (Wildman–Crippen LogP) is 2.87. The lowest BCUT2D eigenvalue weighted by Crippen LogP contribution is -2.28. The lowest BCUT2D eigenvalue weighted by atomic mass is 10.1. The summed E-state index contributed by atoms with van der Waals surface area (Å²) < 4.78 is 51.0. The highest BCUT2D eigenvalue weighted by Gasteiger charge is 2.36. The van der Waals surface area contributed by atoms with Gasteiger partial charge >= 0.3 is 0 Å². The number of ether oxygens (including phenoxy) is 2. The van der Waals surface area contributed by atoms with E-state index < -0.39 is 35.0 Å². The predicted molar refractivity (Wildman–Crippen MR) is 92.8 cm³/mol. The highest BCUT2D eigenvalue weighted by molar-refractivity contribution is 6.03. The molecule has 2 aromatic rings. The van der Waals surface area contributed by atoms with Gasteiger partial charge in [-0.2, -0.15) is 0 Å².